The Bertz CT molecular complexity index is 496. The van der Waals surface area contributed by atoms with Gasteiger partial charge in [-0.1, -0.05) is 19.3 Å². The average Bonchev–Trinajstić information content (AvgIpc) is 2.37. The number of ether oxygens (including phenoxy) is 1. The summed E-state index contributed by atoms with van der Waals surface area (Å²) in [5, 5.41) is 0. The molecular weight excluding hydrogens is 335 g/mol. The van der Waals surface area contributed by atoms with Crippen LogP contribution in [0.25, 0.3) is 0 Å². The molecule has 2 nitrogen and oxygen atoms in total. The molecule has 0 spiro atoms. The predicted octanol–water partition coefficient (Wildman–Crippen LogP) is 4.59. The van der Waals surface area contributed by atoms with Crippen molar-refractivity contribution >= 4 is 15.9 Å². The SMILES string of the molecule is COc1c(Br)cc(C2(N)CCCCC2)cc1C(F)(F)F. The van der Waals surface area contributed by atoms with Crippen molar-refractivity contribution in [2.75, 3.05) is 7.11 Å². The third kappa shape index (κ3) is 2.96. The van der Waals surface area contributed by atoms with Gasteiger partial charge in [0.15, 0.2) is 0 Å². The molecule has 1 aliphatic rings. The maximum atomic E-state index is 13.1. The first-order valence-corrected chi connectivity index (χ1v) is 7.31. The summed E-state index contributed by atoms with van der Waals surface area (Å²) < 4.78 is 44.6. The fraction of sp³-hybridized carbons (Fsp3) is 0.571. The minimum Gasteiger partial charge on any atom is -0.495 e. The van der Waals surface area contributed by atoms with Gasteiger partial charge in [-0.2, -0.15) is 13.2 Å². The fourth-order valence-corrected chi connectivity index (χ4v) is 3.39. The lowest BCUT2D eigenvalue weighted by atomic mass is 9.77. The van der Waals surface area contributed by atoms with E-state index < -0.39 is 17.3 Å². The number of rotatable bonds is 2. The van der Waals surface area contributed by atoms with Crippen LogP contribution in [0.5, 0.6) is 5.75 Å². The lowest BCUT2D eigenvalue weighted by molar-refractivity contribution is -0.138. The second-order valence-corrected chi connectivity index (χ2v) is 6.11. The third-order valence-electron chi connectivity index (χ3n) is 3.87. The van der Waals surface area contributed by atoms with Crippen molar-refractivity contribution in [3.8, 4) is 5.75 Å². The molecule has 0 heterocycles. The van der Waals surface area contributed by atoms with E-state index >= 15 is 0 Å². The number of halogens is 4. The van der Waals surface area contributed by atoms with Crippen LogP contribution in [0, 0.1) is 0 Å². The summed E-state index contributed by atoms with van der Waals surface area (Å²) in [6.07, 6.45) is -0.0631. The first-order valence-electron chi connectivity index (χ1n) is 6.52. The number of alkyl halides is 3. The molecule has 0 aromatic heterocycles. The molecule has 1 aliphatic carbocycles. The zero-order valence-corrected chi connectivity index (χ0v) is 12.8. The van der Waals surface area contributed by atoms with Gasteiger partial charge in [0.25, 0.3) is 0 Å². The summed E-state index contributed by atoms with van der Waals surface area (Å²) in [6, 6.07) is 2.79. The first kappa shape index (κ1) is 15.6. The Morgan fingerprint density at radius 1 is 1.20 bits per heavy atom. The number of hydrogen-bond donors (Lipinski definition) is 1. The van der Waals surface area contributed by atoms with Crippen LogP contribution in [0.2, 0.25) is 0 Å². The fourth-order valence-electron chi connectivity index (χ4n) is 2.77. The number of benzene rings is 1. The van der Waals surface area contributed by atoms with Crippen molar-refractivity contribution in [3.05, 3.63) is 27.7 Å². The molecule has 112 valence electrons. The summed E-state index contributed by atoms with van der Waals surface area (Å²) >= 11 is 3.16. The summed E-state index contributed by atoms with van der Waals surface area (Å²) in [5.41, 5.74) is 5.40. The van der Waals surface area contributed by atoms with Crippen molar-refractivity contribution < 1.29 is 17.9 Å². The van der Waals surface area contributed by atoms with E-state index in [0.29, 0.717) is 22.9 Å². The molecule has 1 saturated carbocycles. The molecule has 6 heteroatoms. The standard InChI is InChI=1S/C14H17BrF3NO/c1-20-12-10(14(16,17)18)7-9(8-11(12)15)13(19)5-3-2-4-6-13/h7-8H,2-6,19H2,1H3. The topological polar surface area (TPSA) is 35.2 Å². The van der Waals surface area contributed by atoms with E-state index in [2.05, 4.69) is 15.9 Å². The summed E-state index contributed by atoms with van der Waals surface area (Å²) in [5.74, 6) is -0.194. The molecule has 1 aromatic rings. The molecular formula is C14H17BrF3NO. The van der Waals surface area contributed by atoms with Crippen molar-refractivity contribution in [3.63, 3.8) is 0 Å². The third-order valence-corrected chi connectivity index (χ3v) is 4.46. The highest BCUT2D eigenvalue weighted by molar-refractivity contribution is 9.10. The van der Waals surface area contributed by atoms with Crippen LogP contribution in [0.4, 0.5) is 13.2 Å². The van der Waals surface area contributed by atoms with Gasteiger partial charge in [0.1, 0.15) is 5.75 Å². The minimum atomic E-state index is -4.46. The number of hydrogen-bond acceptors (Lipinski definition) is 2. The highest BCUT2D eigenvalue weighted by Crippen LogP contribution is 2.44. The van der Waals surface area contributed by atoms with E-state index in [1.807, 2.05) is 0 Å². The quantitative estimate of drug-likeness (QED) is 0.845. The lowest BCUT2D eigenvalue weighted by Crippen LogP contribution is -2.38. The van der Waals surface area contributed by atoms with Crippen LogP contribution >= 0.6 is 15.9 Å². The van der Waals surface area contributed by atoms with Crippen molar-refractivity contribution in [1.82, 2.24) is 0 Å². The van der Waals surface area contributed by atoms with Crippen LogP contribution in [0.1, 0.15) is 43.2 Å². The van der Waals surface area contributed by atoms with E-state index in [0.717, 1.165) is 25.3 Å². The minimum absolute atomic E-state index is 0.194. The number of methoxy groups -OCH3 is 1. The summed E-state index contributed by atoms with van der Waals surface area (Å²) in [6.45, 7) is 0. The molecule has 0 saturated heterocycles. The monoisotopic (exact) mass is 351 g/mol. The molecule has 0 unspecified atom stereocenters. The van der Waals surface area contributed by atoms with Gasteiger partial charge in [-0.25, -0.2) is 0 Å². The Labute approximate surface area is 124 Å². The van der Waals surface area contributed by atoms with Crippen LogP contribution in [-0.4, -0.2) is 7.11 Å². The smallest absolute Gasteiger partial charge is 0.420 e. The van der Waals surface area contributed by atoms with Gasteiger partial charge < -0.3 is 10.5 Å². The van der Waals surface area contributed by atoms with Crippen LogP contribution in [0.15, 0.2) is 16.6 Å². The number of nitrogens with two attached hydrogens (primary N) is 1. The Morgan fingerprint density at radius 3 is 2.30 bits per heavy atom. The Balaban J connectivity index is 2.53. The van der Waals surface area contributed by atoms with Gasteiger partial charge in [-0.15, -0.1) is 0 Å². The van der Waals surface area contributed by atoms with Crippen LogP contribution < -0.4 is 10.5 Å². The highest BCUT2D eigenvalue weighted by atomic mass is 79.9. The molecule has 0 radical (unpaired) electrons. The maximum absolute atomic E-state index is 13.1. The van der Waals surface area contributed by atoms with E-state index in [1.54, 1.807) is 6.07 Å². The van der Waals surface area contributed by atoms with Crippen molar-refractivity contribution in [1.29, 1.82) is 0 Å². The van der Waals surface area contributed by atoms with E-state index in [-0.39, 0.29) is 5.75 Å². The molecule has 2 rings (SSSR count). The second kappa shape index (κ2) is 5.56. The second-order valence-electron chi connectivity index (χ2n) is 5.25. The molecule has 0 aliphatic heterocycles. The molecule has 0 amide bonds. The average molecular weight is 352 g/mol. The van der Waals surface area contributed by atoms with Gasteiger partial charge in [0.05, 0.1) is 17.1 Å². The van der Waals surface area contributed by atoms with Gasteiger partial charge in [0.2, 0.25) is 0 Å². The lowest BCUT2D eigenvalue weighted by Gasteiger charge is -2.34. The molecule has 0 atom stereocenters. The van der Waals surface area contributed by atoms with Crippen LogP contribution in [0.3, 0.4) is 0 Å². The van der Waals surface area contributed by atoms with E-state index in [4.69, 9.17) is 10.5 Å². The van der Waals surface area contributed by atoms with Gasteiger partial charge in [0, 0.05) is 5.54 Å². The molecule has 0 bridgehead atoms. The van der Waals surface area contributed by atoms with E-state index in [1.165, 1.54) is 7.11 Å². The Morgan fingerprint density at radius 2 is 1.80 bits per heavy atom. The zero-order valence-electron chi connectivity index (χ0n) is 11.2. The molecule has 1 fully saturated rings. The van der Waals surface area contributed by atoms with E-state index in [9.17, 15) is 13.2 Å². The summed E-state index contributed by atoms with van der Waals surface area (Å²) in [7, 11) is 1.23. The normalized spacial score (nSPS) is 18.9. The molecule has 20 heavy (non-hydrogen) atoms. The largest absolute Gasteiger partial charge is 0.495 e. The first-order chi connectivity index (χ1) is 9.28. The highest BCUT2D eigenvalue weighted by Gasteiger charge is 2.38. The van der Waals surface area contributed by atoms with Gasteiger partial charge in [-0.05, 0) is 46.5 Å². The molecule has 2 N–H and O–H groups in total. The van der Waals surface area contributed by atoms with Crippen LogP contribution in [-0.2, 0) is 11.7 Å². The van der Waals surface area contributed by atoms with Gasteiger partial charge in [-0.3, -0.25) is 0 Å². The molecule has 1 aromatic carbocycles. The Hall–Kier alpha value is -0.750. The van der Waals surface area contributed by atoms with Gasteiger partial charge >= 0.3 is 6.18 Å². The Kier molecular flexibility index (Phi) is 4.35. The maximum Gasteiger partial charge on any atom is 0.420 e. The summed E-state index contributed by atoms with van der Waals surface area (Å²) in [4.78, 5) is 0. The van der Waals surface area contributed by atoms with Crippen molar-refractivity contribution in [2.45, 2.75) is 43.8 Å². The zero-order chi connectivity index (χ0) is 15.0. The van der Waals surface area contributed by atoms with Crippen molar-refractivity contribution in [2.24, 2.45) is 5.73 Å². The predicted molar refractivity (Wildman–Crippen MR) is 74.6 cm³/mol.